The smallest absolute Gasteiger partial charge is 0.333 e. The molecular formula is C23H24N4O4. The van der Waals surface area contributed by atoms with Crippen LogP contribution in [0.4, 0.5) is 5.82 Å². The number of benzene rings is 1. The largest absolute Gasteiger partial charge is 0.391 e. The van der Waals surface area contributed by atoms with Crippen LogP contribution < -0.4 is 21.7 Å². The highest BCUT2D eigenvalue weighted by Crippen LogP contribution is 2.19. The van der Waals surface area contributed by atoms with Crippen molar-refractivity contribution >= 4 is 16.7 Å². The number of aliphatic hydroxyl groups is 1. The monoisotopic (exact) mass is 420 g/mol. The maximum Gasteiger partial charge on any atom is 0.333 e. The molecule has 1 saturated heterocycles. The minimum atomic E-state index is -0.501. The number of aliphatic hydroxyl groups excluding tert-OH is 1. The number of β-amino-alcohol motifs (C(OH)–C–C–N with tert-alkyl or cyclic N) is 1. The number of aromatic nitrogens is 3. The van der Waals surface area contributed by atoms with Crippen molar-refractivity contribution in [2.45, 2.75) is 39.0 Å². The van der Waals surface area contributed by atoms with Gasteiger partial charge in [-0.15, -0.1) is 5.92 Å². The second kappa shape index (κ2) is 8.66. The van der Waals surface area contributed by atoms with E-state index in [1.165, 1.54) is 16.7 Å². The summed E-state index contributed by atoms with van der Waals surface area (Å²) in [5.41, 5.74) is -0.000345. The molecule has 0 saturated carbocycles. The number of hydrogen-bond donors (Lipinski definition) is 2. The number of anilines is 1. The molecule has 8 heteroatoms. The third-order valence-corrected chi connectivity index (χ3v) is 5.56. The maximum absolute atomic E-state index is 13.3. The predicted octanol–water partition coefficient (Wildman–Crippen LogP) is 0.884. The normalized spacial score (nSPS) is 16.2. The number of rotatable bonds is 4. The van der Waals surface area contributed by atoms with Gasteiger partial charge in [0.2, 0.25) is 5.56 Å². The van der Waals surface area contributed by atoms with Gasteiger partial charge in [-0.25, -0.2) is 4.79 Å². The standard InChI is InChI=1S/C23H24N4O4/c1-2-3-11-26-21(25-10-6-7-17(28)15-25)13-22(30)27(23(26)31)14-16-12-20(29)24-19-9-5-4-8-18(16)19/h4-5,8-9,12-13,17,28H,6-7,10-11,14-15H2,1H3,(H,24,29)/t17-/m1/s1. The summed E-state index contributed by atoms with van der Waals surface area (Å²) in [6, 6.07) is 10.1. The van der Waals surface area contributed by atoms with Gasteiger partial charge in [-0.1, -0.05) is 24.1 Å². The van der Waals surface area contributed by atoms with Crippen LogP contribution in [0.15, 0.2) is 50.8 Å². The SMILES string of the molecule is CC#CCn1c(N2CCC[C@@H](O)C2)cc(=O)n(Cc2cc(=O)[nH]c3ccccc23)c1=O. The van der Waals surface area contributed by atoms with Crippen LogP contribution in [0.2, 0.25) is 0 Å². The summed E-state index contributed by atoms with van der Waals surface area (Å²) < 4.78 is 2.59. The molecule has 8 nitrogen and oxygen atoms in total. The second-order valence-electron chi connectivity index (χ2n) is 7.67. The van der Waals surface area contributed by atoms with E-state index in [0.29, 0.717) is 36.4 Å². The summed E-state index contributed by atoms with van der Waals surface area (Å²) in [5.74, 6) is 6.15. The Morgan fingerprint density at radius 2 is 1.97 bits per heavy atom. The van der Waals surface area contributed by atoms with E-state index in [1.807, 2.05) is 23.1 Å². The van der Waals surface area contributed by atoms with Crippen LogP contribution in [0.5, 0.6) is 0 Å². The first kappa shape index (κ1) is 20.7. The van der Waals surface area contributed by atoms with Crippen molar-refractivity contribution in [3.05, 3.63) is 73.2 Å². The third kappa shape index (κ3) is 4.18. The van der Waals surface area contributed by atoms with E-state index in [4.69, 9.17) is 0 Å². The zero-order valence-electron chi connectivity index (χ0n) is 17.3. The van der Waals surface area contributed by atoms with Crippen molar-refractivity contribution in [2.75, 3.05) is 18.0 Å². The number of piperidine rings is 1. The number of nitrogens with one attached hydrogen (secondary N) is 1. The average molecular weight is 420 g/mol. The van der Waals surface area contributed by atoms with Crippen molar-refractivity contribution < 1.29 is 5.11 Å². The molecule has 0 unspecified atom stereocenters. The number of H-pyrrole nitrogens is 1. The van der Waals surface area contributed by atoms with Crippen molar-refractivity contribution in [1.29, 1.82) is 0 Å². The highest BCUT2D eigenvalue weighted by atomic mass is 16.3. The van der Waals surface area contributed by atoms with Gasteiger partial charge in [-0.2, -0.15) is 0 Å². The number of para-hydroxylation sites is 1. The van der Waals surface area contributed by atoms with Crippen molar-refractivity contribution in [3.8, 4) is 11.8 Å². The number of aromatic amines is 1. The summed E-state index contributed by atoms with van der Waals surface area (Å²) in [5, 5.41) is 10.8. The molecule has 3 aromatic rings. The van der Waals surface area contributed by atoms with Gasteiger partial charge in [0.15, 0.2) is 0 Å². The Morgan fingerprint density at radius 1 is 1.16 bits per heavy atom. The molecule has 0 amide bonds. The molecule has 3 heterocycles. The van der Waals surface area contributed by atoms with Gasteiger partial charge >= 0.3 is 5.69 Å². The minimum absolute atomic E-state index is 0.0233. The Balaban J connectivity index is 1.84. The fraction of sp³-hybridized carbons (Fsp3) is 0.348. The second-order valence-corrected chi connectivity index (χ2v) is 7.67. The fourth-order valence-electron chi connectivity index (χ4n) is 4.06. The molecule has 0 aliphatic carbocycles. The first-order chi connectivity index (χ1) is 15.0. The molecule has 4 rings (SSSR count). The highest BCUT2D eigenvalue weighted by Gasteiger charge is 2.22. The molecule has 1 aliphatic heterocycles. The lowest BCUT2D eigenvalue weighted by Gasteiger charge is -2.33. The summed E-state index contributed by atoms with van der Waals surface area (Å²) in [6.07, 6.45) is 0.971. The molecular weight excluding hydrogens is 396 g/mol. The van der Waals surface area contributed by atoms with Crippen LogP contribution in [0.3, 0.4) is 0 Å². The van der Waals surface area contributed by atoms with Gasteiger partial charge in [0.1, 0.15) is 5.82 Å². The number of fused-ring (bicyclic) bond motifs is 1. The molecule has 1 atom stereocenters. The van der Waals surface area contributed by atoms with Gasteiger partial charge in [0, 0.05) is 36.1 Å². The topological polar surface area (TPSA) is 100 Å². The van der Waals surface area contributed by atoms with Crippen LogP contribution in [-0.4, -0.2) is 38.4 Å². The summed E-state index contributed by atoms with van der Waals surface area (Å²) in [6.45, 7) is 2.81. The molecule has 0 bridgehead atoms. The van der Waals surface area contributed by atoms with Gasteiger partial charge in [0.25, 0.3) is 5.56 Å². The molecule has 2 N–H and O–H groups in total. The lowest BCUT2D eigenvalue weighted by atomic mass is 10.1. The van der Waals surface area contributed by atoms with Gasteiger partial charge < -0.3 is 15.0 Å². The van der Waals surface area contributed by atoms with E-state index in [1.54, 1.807) is 13.0 Å². The first-order valence-electron chi connectivity index (χ1n) is 10.3. The van der Waals surface area contributed by atoms with Crippen LogP contribution in [-0.2, 0) is 13.1 Å². The Morgan fingerprint density at radius 3 is 2.74 bits per heavy atom. The van der Waals surface area contributed by atoms with Crippen molar-refractivity contribution in [2.24, 2.45) is 0 Å². The van der Waals surface area contributed by atoms with E-state index >= 15 is 0 Å². The Labute approximate surface area is 178 Å². The van der Waals surface area contributed by atoms with Gasteiger partial charge in [-0.05, 0) is 31.4 Å². The summed E-state index contributed by atoms with van der Waals surface area (Å²) in [4.78, 5) is 43.0. The minimum Gasteiger partial charge on any atom is -0.391 e. The molecule has 1 aromatic carbocycles. The van der Waals surface area contributed by atoms with Crippen molar-refractivity contribution in [1.82, 2.24) is 14.1 Å². The molecule has 1 aliphatic rings. The summed E-state index contributed by atoms with van der Waals surface area (Å²) >= 11 is 0. The van der Waals surface area contributed by atoms with Gasteiger partial charge in [0.05, 0.1) is 19.2 Å². The number of pyridine rings is 1. The van der Waals surface area contributed by atoms with E-state index in [2.05, 4.69) is 16.8 Å². The maximum atomic E-state index is 13.3. The van der Waals surface area contributed by atoms with E-state index < -0.39 is 17.4 Å². The van der Waals surface area contributed by atoms with E-state index in [-0.39, 0.29) is 18.6 Å². The highest BCUT2D eigenvalue weighted by molar-refractivity contribution is 5.81. The summed E-state index contributed by atoms with van der Waals surface area (Å²) in [7, 11) is 0. The Kier molecular flexibility index (Phi) is 5.78. The molecule has 0 radical (unpaired) electrons. The molecule has 2 aromatic heterocycles. The van der Waals surface area contributed by atoms with E-state index in [9.17, 15) is 19.5 Å². The van der Waals surface area contributed by atoms with E-state index in [0.717, 1.165) is 16.4 Å². The molecule has 31 heavy (non-hydrogen) atoms. The van der Waals surface area contributed by atoms with Crippen molar-refractivity contribution in [3.63, 3.8) is 0 Å². The zero-order valence-corrected chi connectivity index (χ0v) is 17.3. The lowest BCUT2D eigenvalue weighted by molar-refractivity contribution is 0.153. The zero-order chi connectivity index (χ0) is 22.0. The Hall–Kier alpha value is -3.57. The van der Waals surface area contributed by atoms with Crippen LogP contribution in [0.1, 0.15) is 25.3 Å². The van der Waals surface area contributed by atoms with Crippen LogP contribution in [0.25, 0.3) is 10.9 Å². The van der Waals surface area contributed by atoms with Crippen LogP contribution >= 0.6 is 0 Å². The lowest BCUT2D eigenvalue weighted by Crippen LogP contribution is -2.46. The molecule has 0 spiro atoms. The average Bonchev–Trinajstić information content (AvgIpc) is 2.75. The van der Waals surface area contributed by atoms with Crippen LogP contribution in [0, 0.1) is 11.8 Å². The predicted molar refractivity (Wildman–Crippen MR) is 120 cm³/mol. The number of nitrogens with zero attached hydrogens (tertiary/aromatic N) is 3. The first-order valence-corrected chi connectivity index (χ1v) is 10.3. The van der Waals surface area contributed by atoms with Gasteiger partial charge in [-0.3, -0.25) is 18.7 Å². The fourth-order valence-corrected chi connectivity index (χ4v) is 4.06. The number of hydrogen-bond acceptors (Lipinski definition) is 5. The molecule has 1 fully saturated rings. The third-order valence-electron chi connectivity index (χ3n) is 5.56. The quantitative estimate of drug-likeness (QED) is 0.611. The Bertz CT molecular complexity index is 1360. The molecule has 160 valence electrons.